The van der Waals surface area contributed by atoms with Gasteiger partial charge in [-0.3, -0.25) is 4.90 Å². The van der Waals surface area contributed by atoms with Crippen molar-refractivity contribution in [1.82, 2.24) is 4.90 Å². The molecule has 1 aliphatic rings. The van der Waals surface area contributed by atoms with Gasteiger partial charge in [-0.15, -0.1) is 0 Å². The van der Waals surface area contributed by atoms with E-state index in [4.69, 9.17) is 5.73 Å². The van der Waals surface area contributed by atoms with Crippen LogP contribution in [0.3, 0.4) is 0 Å². The zero-order valence-electron chi connectivity index (χ0n) is 11.8. The summed E-state index contributed by atoms with van der Waals surface area (Å²) in [6, 6.07) is 0.280. The lowest BCUT2D eigenvalue weighted by Gasteiger charge is -2.49. The highest BCUT2D eigenvalue weighted by Gasteiger charge is 2.47. The standard InChI is InChI=1S/C14H30N2/c1-6-16(7-2)14(10-8-9-11-14)12(15)13(3,4)5/h12H,6-11,15H2,1-5H3. The predicted octanol–water partition coefficient (Wildman–Crippen LogP) is 3.01. The Balaban J connectivity index is 2.96. The average Bonchev–Trinajstić information content (AvgIpc) is 2.67. The summed E-state index contributed by atoms with van der Waals surface area (Å²) >= 11 is 0. The van der Waals surface area contributed by atoms with E-state index in [1.165, 1.54) is 25.7 Å². The van der Waals surface area contributed by atoms with E-state index in [1.807, 2.05) is 0 Å². The molecule has 0 heterocycles. The van der Waals surface area contributed by atoms with Crippen molar-refractivity contribution in [1.29, 1.82) is 0 Å². The summed E-state index contributed by atoms with van der Waals surface area (Å²) in [5.74, 6) is 0. The Morgan fingerprint density at radius 1 is 1.12 bits per heavy atom. The van der Waals surface area contributed by atoms with Gasteiger partial charge in [-0.25, -0.2) is 0 Å². The topological polar surface area (TPSA) is 29.3 Å². The number of likely N-dealkylation sites (N-methyl/N-ethyl adjacent to an activating group) is 1. The van der Waals surface area contributed by atoms with Crippen molar-refractivity contribution in [3.8, 4) is 0 Å². The Labute approximate surface area is 102 Å². The second-order valence-corrected chi connectivity index (χ2v) is 6.33. The Hall–Kier alpha value is -0.0800. The van der Waals surface area contributed by atoms with Gasteiger partial charge in [0.15, 0.2) is 0 Å². The summed E-state index contributed by atoms with van der Waals surface area (Å²) in [7, 11) is 0. The van der Waals surface area contributed by atoms with Gasteiger partial charge >= 0.3 is 0 Å². The van der Waals surface area contributed by atoms with Crippen LogP contribution in [0.2, 0.25) is 0 Å². The van der Waals surface area contributed by atoms with Crippen LogP contribution in [0.5, 0.6) is 0 Å². The smallest absolute Gasteiger partial charge is 0.0365 e. The molecule has 16 heavy (non-hydrogen) atoms. The lowest BCUT2D eigenvalue weighted by molar-refractivity contribution is 0.0365. The molecule has 0 aromatic rings. The number of hydrogen-bond donors (Lipinski definition) is 1. The zero-order chi connectivity index (χ0) is 12.4. The molecule has 0 amide bonds. The van der Waals surface area contributed by atoms with E-state index in [2.05, 4.69) is 39.5 Å². The molecule has 0 saturated heterocycles. The van der Waals surface area contributed by atoms with Gasteiger partial charge in [-0.1, -0.05) is 47.5 Å². The van der Waals surface area contributed by atoms with Crippen molar-refractivity contribution >= 4 is 0 Å². The highest BCUT2D eigenvalue weighted by atomic mass is 15.2. The molecule has 0 radical (unpaired) electrons. The SMILES string of the molecule is CCN(CC)C1(C(N)C(C)(C)C)CCCC1. The van der Waals surface area contributed by atoms with Crippen molar-refractivity contribution in [2.75, 3.05) is 13.1 Å². The molecule has 96 valence electrons. The van der Waals surface area contributed by atoms with E-state index >= 15 is 0 Å². The summed E-state index contributed by atoms with van der Waals surface area (Å²) in [5, 5.41) is 0. The third-order valence-corrected chi connectivity index (χ3v) is 4.37. The van der Waals surface area contributed by atoms with Crippen molar-refractivity contribution in [2.45, 2.75) is 71.9 Å². The van der Waals surface area contributed by atoms with Crippen LogP contribution in [0.25, 0.3) is 0 Å². The van der Waals surface area contributed by atoms with E-state index in [-0.39, 0.29) is 17.0 Å². The fraction of sp³-hybridized carbons (Fsp3) is 1.00. The van der Waals surface area contributed by atoms with Gasteiger partial charge in [-0.2, -0.15) is 0 Å². The molecular weight excluding hydrogens is 196 g/mol. The maximum atomic E-state index is 6.60. The first-order chi connectivity index (χ1) is 7.38. The van der Waals surface area contributed by atoms with Gasteiger partial charge in [0.1, 0.15) is 0 Å². The van der Waals surface area contributed by atoms with Gasteiger partial charge in [0.25, 0.3) is 0 Å². The molecule has 0 bridgehead atoms. The van der Waals surface area contributed by atoms with Gasteiger partial charge in [0.05, 0.1) is 0 Å². The quantitative estimate of drug-likeness (QED) is 0.798. The highest BCUT2D eigenvalue weighted by Crippen LogP contribution is 2.42. The van der Waals surface area contributed by atoms with E-state index in [9.17, 15) is 0 Å². The van der Waals surface area contributed by atoms with Crippen LogP contribution in [0.1, 0.15) is 60.3 Å². The molecule has 2 heteroatoms. The fourth-order valence-corrected chi connectivity index (χ4v) is 3.47. The van der Waals surface area contributed by atoms with Crippen molar-refractivity contribution in [3.05, 3.63) is 0 Å². The molecule has 0 aromatic carbocycles. The maximum Gasteiger partial charge on any atom is 0.0365 e. The Bertz CT molecular complexity index is 207. The van der Waals surface area contributed by atoms with Gasteiger partial charge < -0.3 is 5.73 Å². The number of nitrogens with zero attached hydrogens (tertiary/aromatic N) is 1. The van der Waals surface area contributed by atoms with Gasteiger partial charge in [0.2, 0.25) is 0 Å². The molecule has 0 spiro atoms. The summed E-state index contributed by atoms with van der Waals surface area (Å²) in [6.07, 6.45) is 5.26. The van der Waals surface area contributed by atoms with Crippen molar-refractivity contribution < 1.29 is 0 Å². The number of nitrogens with two attached hydrogens (primary N) is 1. The summed E-state index contributed by atoms with van der Waals surface area (Å²) in [5.41, 5.74) is 7.07. The molecular formula is C14H30N2. The Morgan fingerprint density at radius 2 is 1.56 bits per heavy atom. The third-order valence-electron chi connectivity index (χ3n) is 4.37. The molecule has 2 nitrogen and oxygen atoms in total. The third kappa shape index (κ3) is 2.43. The second kappa shape index (κ2) is 5.05. The Morgan fingerprint density at radius 3 is 1.88 bits per heavy atom. The molecule has 0 aromatic heterocycles. The van der Waals surface area contributed by atoms with Crippen LogP contribution in [-0.2, 0) is 0 Å². The largest absolute Gasteiger partial charge is 0.326 e. The van der Waals surface area contributed by atoms with Crippen LogP contribution >= 0.6 is 0 Å². The minimum Gasteiger partial charge on any atom is -0.326 e. The van der Waals surface area contributed by atoms with Crippen LogP contribution in [-0.4, -0.2) is 29.6 Å². The summed E-state index contributed by atoms with van der Waals surface area (Å²) < 4.78 is 0. The van der Waals surface area contributed by atoms with Crippen LogP contribution in [0.15, 0.2) is 0 Å². The fourth-order valence-electron chi connectivity index (χ4n) is 3.47. The maximum absolute atomic E-state index is 6.60. The molecule has 0 aliphatic heterocycles. The Kier molecular flexibility index (Phi) is 4.42. The molecule has 1 aliphatic carbocycles. The molecule has 1 fully saturated rings. The van der Waals surface area contributed by atoms with E-state index in [1.54, 1.807) is 0 Å². The van der Waals surface area contributed by atoms with Crippen LogP contribution in [0.4, 0.5) is 0 Å². The van der Waals surface area contributed by atoms with E-state index in [0.717, 1.165) is 13.1 Å². The van der Waals surface area contributed by atoms with Gasteiger partial charge in [-0.05, 0) is 31.3 Å². The van der Waals surface area contributed by atoms with Crippen LogP contribution in [0, 0.1) is 5.41 Å². The van der Waals surface area contributed by atoms with E-state index < -0.39 is 0 Å². The lowest BCUT2D eigenvalue weighted by atomic mass is 9.72. The lowest BCUT2D eigenvalue weighted by Crippen LogP contribution is -2.62. The molecule has 1 atom stereocenters. The number of hydrogen-bond acceptors (Lipinski definition) is 2. The predicted molar refractivity (Wildman–Crippen MR) is 71.6 cm³/mol. The molecule has 1 saturated carbocycles. The average molecular weight is 226 g/mol. The summed E-state index contributed by atoms with van der Waals surface area (Å²) in [6.45, 7) is 13.6. The molecule has 1 unspecified atom stereocenters. The first-order valence-electron chi connectivity index (χ1n) is 6.89. The monoisotopic (exact) mass is 226 g/mol. The molecule has 2 N–H and O–H groups in total. The van der Waals surface area contributed by atoms with Crippen molar-refractivity contribution in [3.63, 3.8) is 0 Å². The van der Waals surface area contributed by atoms with Crippen molar-refractivity contribution in [2.24, 2.45) is 11.1 Å². The second-order valence-electron chi connectivity index (χ2n) is 6.33. The minimum absolute atomic E-state index is 0.201. The van der Waals surface area contributed by atoms with Gasteiger partial charge in [0, 0.05) is 11.6 Å². The molecule has 1 rings (SSSR count). The zero-order valence-corrected chi connectivity index (χ0v) is 11.8. The van der Waals surface area contributed by atoms with E-state index in [0.29, 0.717) is 0 Å². The first-order valence-corrected chi connectivity index (χ1v) is 6.89. The number of rotatable bonds is 4. The normalized spacial score (nSPS) is 22.7. The first kappa shape index (κ1) is 14.0. The minimum atomic E-state index is 0.201. The summed E-state index contributed by atoms with van der Waals surface area (Å²) in [4.78, 5) is 2.61. The highest BCUT2D eigenvalue weighted by molar-refractivity contribution is 5.05. The van der Waals surface area contributed by atoms with Crippen LogP contribution < -0.4 is 5.73 Å².